The van der Waals surface area contributed by atoms with Crippen molar-refractivity contribution in [2.24, 2.45) is 0 Å². The molecule has 0 fully saturated rings. The van der Waals surface area contributed by atoms with E-state index in [1.807, 2.05) is 20.0 Å². The number of carboxylic acids is 1. The van der Waals surface area contributed by atoms with Crippen LogP contribution >= 0.6 is 0 Å². The van der Waals surface area contributed by atoms with Crippen molar-refractivity contribution in [2.75, 3.05) is 5.32 Å². The maximum absolute atomic E-state index is 10.2. The second-order valence-electron chi connectivity index (χ2n) is 3.09. The first-order valence-corrected chi connectivity index (χ1v) is 4.31. The second-order valence-corrected chi connectivity index (χ2v) is 3.09. The van der Waals surface area contributed by atoms with Crippen LogP contribution in [0, 0.1) is 0 Å². The fourth-order valence-electron chi connectivity index (χ4n) is 0.901. The molecule has 0 spiro atoms. The smallest absolute Gasteiger partial charge is 0.329 e. The van der Waals surface area contributed by atoms with Gasteiger partial charge >= 0.3 is 5.97 Å². The molecular weight excluding hydrogens is 182 g/mol. The summed E-state index contributed by atoms with van der Waals surface area (Å²) in [4.78, 5) is 10.2. The van der Waals surface area contributed by atoms with Gasteiger partial charge in [-0.2, -0.15) is 5.10 Å². The third kappa shape index (κ3) is 2.93. The Morgan fingerprint density at radius 2 is 2.43 bits per heavy atom. The van der Waals surface area contributed by atoms with Crippen molar-refractivity contribution in [1.82, 2.24) is 9.78 Å². The zero-order valence-electron chi connectivity index (χ0n) is 8.14. The highest BCUT2D eigenvalue weighted by atomic mass is 16.4. The minimum atomic E-state index is -0.985. The molecule has 0 aliphatic rings. The van der Waals surface area contributed by atoms with Crippen LogP contribution < -0.4 is 5.32 Å². The summed E-state index contributed by atoms with van der Waals surface area (Å²) in [5, 5.41) is 15.3. The molecule has 2 N–H and O–H groups in total. The largest absolute Gasteiger partial charge is 0.478 e. The van der Waals surface area contributed by atoms with E-state index in [1.54, 1.807) is 10.7 Å². The van der Waals surface area contributed by atoms with Crippen LogP contribution in [0.3, 0.4) is 0 Å². The van der Waals surface area contributed by atoms with Crippen LogP contribution in [0.2, 0.25) is 0 Å². The SMILES string of the molecule is CC(C)n1ccc(N/C=C/C(=O)O)n1. The zero-order chi connectivity index (χ0) is 10.6. The third-order valence-electron chi connectivity index (χ3n) is 1.59. The first-order valence-electron chi connectivity index (χ1n) is 4.31. The maximum atomic E-state index is 10.2. The predicted molar refractivity (Wildman–Crippen MR) is 53.0 cm³/mol. The van der Waals surface area contributed by atoms with E-state index < -0.39 is 5.97 Å². The number of nitrogens with zero attached hydrogens (tertiary/aromatic N) is 2. The van der Waals surface area contributed by atoms with Gasteiger partial charge < -0.3 is 10.4 Å². The molecule has 0 aliphatic heterocycles. The number of nitrogens with one attached hydrogen (secondary N) is 1. The molecule has 5 heteroatoms. The molecule has 5 nitrogen and oxygen atoms in total. The zero-order valence-corrected chi connectivity index (χ0v) is 8.14. The van der Waals surface area contributed by atoms with Crippen LogP contribution in [0.5, 0.6) is 0 Å². The van der Waals surface area contributed by atoms with E-state index in [0.29, 0.717) is 11.9 Å². The summed E-state index contributed by atoms with van der Waals surface area (Å²) < 4.78 is 1.79. The number of hydrogen-bond acceptors (Lipinski definition) is 3. The highest BCUT2D eigenvalue weighted by Gasteiger charge is 1.99. The van der Waals surface area contributed by atoms with Crippen molar-refractivity contribution in [1.29, 1.82) is 0 Å². The standard InChI is InChI=1S/C9H13N3O2/c1-7(2)12-6-4-8(11-12)10-5-3-9(13)14/h3-7H,1-2H3,(H,10,11)(H,13,14)/b5-3+. The Kier molecular flexibility index (Phi) is 3.28. The molecule has 0 atom stereocenters. The molecule has 0 radical (unpaired) electrons. The fraction of sp³-hybridized carbons (Fsp3) is 0.333. The van der Waals surface area contributed by atoms with Crippen LogP contribution in [0.1, 0.15) is 19.9 Å². The first-order chi connectivity index (χ1) is 6.59. The number of rotatable bonds is 4. The van der Waals surface area contributed by atoms with Crippen LogP contribution in [0.15, 0.2) is 24.5 Å². The van der Waals surface area contributed by atoms with Crippen LogP contribution in [-0.4, -0.2) is 20.9 Å². The van der Waals surface area contributed by atoms with Gasteiger partial charge in [-0.3, -0.25) is 4.68 Å². The van der Waals surface area contributed by atoms with E-state index in [0.717, 1.165) is 6.08 Å². The molecule has 0 saturated carbocycles. The highest BCUT2D eigenvalue weighted by molar-refractivity contribution is 5.80. The average Bonchev–Trinajstić information content (AvgIpc) is 2.52. The van der Waals surface area contributed by atoms with Crippen molar-refractivity contribution in [3.05, 3.63) is 24.5 Å². The van der Waals surface area contributed by atoms with E-state index in [2.05, 4.69) is 10.4 Å². The van der Waals surface area contributed by atoms with Gasteiger partial charge in [-0.1, -0.05) is 0 Å². The van der Waals surface area contributed by atoms with E-state index in [-0.39, 0.29) is 0 Å². The maximum Gasteiger partial charge on any atom is 0.329 e. The van der Waals surface area contributed by atoms with Gasteiger partial charge in [0.2, 0.25) is 0 Å². The molecule has 1 heterocycles. The highest BCUT2D eigenvalue weighted by Crippen LogP contribution is 2.07. The summed E-state index contributed by atoms with van der Waals surface area (Å²) in [5.41, 5.74) is 0. The normalized spacial score (nSPS) is 11.1. The van der Waals surface area contributed by atoms with Crippen LogP contribution in [-0.2, 0) is 4.79 Å². The average molecular weight is 195 g/mol. The summed E-state index contributed by atoms with van der Waals surface area (Å²) in [6, 6.07) is 2.08. The molecule has 76 valence electrons. The van der Waals surface area contributed by atoms with Crippen LogP contribution in [0.25, 0.3) is 0 Å². The van der Waals surface area contributed by atoms with Gasteiger partial charge in [0.05, 0.1) is 0 Å². The molecule has 0 saturated heterocycles. The summed E-state index contributed by atoms with van der Waals surface area (Å²) in [6.45, 7) is 4.04. The number of anilines is 1. The number of carboxylic acid groups (broad SMARTS) is 1. The van der Waals surface area contributed by atoms with Gasteiger partial charge in [0.25, 0.3) is 0 Å². The Balaban J connectivity index is 2.56. The Labute approximate surface area is 82.0 Å². The molecule has 0 aromatic carbocycles. The molecule has 1 rings (SSSR count). The van der Waals surface area contributed by atoms with E-state index in [4.69, 9.17) is 5.11 Å². The third-order valence-corrected chi connectivity index (χ3v) is 1.59. The molecule has 0 unspecified atom stereocenters. The second kappa shape index (κ2) is 4.45. The van der Waals surface area contributed by atoms with Gasteiger partial charge in [0.15, 0.2) is 5.82 Å². The Hall–Kier alpha value is -1.78. The lowest BCUT2D eigenvalue weighted by atomic mass is 10.4. The van der Waals surface area contributed by atoms with Crippen molar-refractivity contribution in [2.45, 2.75) is 19.9 Å². The lowest BCUT2D eigenvalue weighted by Gasteiger charge is -2.03. The summed E-state index contributed by atoms with van der Waals surface area (Å²) in [7, 11) is 0. The first kappa shape index (κ1) is 10.3. The molecule has 1 aromatic rings. The summed E-state index contributed by atoms with van der Waals surface area (Å²) in [6.07, 6.45) is 4.20. The van der Waals surface area contributed by atoms with E-state index in [9.17, 15) is 4.79 Å². The monoisotopic (exact) mass is 195 g/mol. The van der Waals surface area contributed by atoms with Crippen molar-refractivity contribution >= 4 is 11.8 Å². The minimum Gasteiger partial charge on any atom is -0.478 e. The summed E-state index contributed by atoms with van der Waals surface area (Å²) in [5.74, 6) is -0.350. The number of hydrogen-bond donors (Lipinski definition) is 2. The van der Waals surface area contributed by atoms with Gasteiger partial charge in [-0.25, -0.2) is 4.79 Å². The molecule has 0 bridgehead atoms. The van der Waals surface area contributed by atoms with E-state index in [1.165, 1.54) is 6.20 Å². The minimum absolute atomic E-state index is 0.300. The molecule has 14 heavy (non-hydrogen) atoms. The quantitative estimate of drug-likeness (QED) is 0.714. The molecule has 1 aromatic heterocycles. The number of carbonyl (C=O) groups is 1. The van der Waals surface area contributed by atoms with Crippen molar-refractivity contribution in [3.8, 4) is 0 Å². The van der Waals surface area contributed by atoms with Gasteiger partial charge in [0.1, 0.15) is 0 Å². The number of aromatic nitrogens is 2. The Morgan fingerprint density at radius 3 is 2.93 bits per heavy atom. The van der Waals surface area contributed by atoms with Gasteiger partial charge in [-0.15, -0.1) is 0 Å². The predicted octanol–water partition coefficient (Wildman–Crippen LogP) is 1.47. The number of aliphatic carboxylic acids is 1. The molecule has 0 aliphatic carbocycles. The molecule has 0 amide bonds. The van der Waals surface area contributed by atoms with E-state index >= 15 is 0 Å². The molecular formula is C9H13N3O2. The lowest BCUT2D eigenvalue weighted by molar-refractivity contribution is -0.131. The summed E-state index contributed by atoms with van der Waals surface area (Å²) >= 11 is 0. The van der Waals surface area contributed by atoms with Crippen LogP contribution in [0.4, 0.5) is 5.82 Å². The van der Waals surface area contributed by atoms with Crippen molar-refractivity contribution < 1.29 is 9.90 Å². The Morgan fingerprint density at radius 1 is 1.71 bits per heavy atom. The van der Waals surface area contributed by atoms with Gasteiger partial charge in [0, 0.05) is 30.6 Å². The Bertz CT molecular complexity index is 342. The van der Waals surface area contributed by atoms with Crippen molar-refractivity contribution in [3.63, 3.8) is 0 Å². The lowest BCUT2D eigenvalue weighted by Crippen LogP contribution is -2.01. The fourth-order valence-corrected chi connectivity index (χ4v) is 0.901. The topological polar surface area (TPSA) is 67.2 Å². The van der Waals surface area contributed by atoms with Gasteiger partial charge in [-0.05, 0) is 13.8 Å².